The third kappa shape index (κ3) is 4.14. The maximum absolute atomic E-state index is 11.3. The van der Waals surface area contributed by atoms with E-state index >= 15 is 0 Å². The molecule has 88 valence electrons. The van der Waals surface area contributed by atoms with Crippen molar-refractivity contribution in [1.29, 1.82) is 0 Å². The van der Waals surface area contributed by atoms with E-state index in [9.17, 15) is 4.79 Å². The molecule has 0 unspecified atom stereocenters. The van der Waals surface area contributed by atoms with Crippen LogP contribution in [-0.2, 0) is 4.79 Å². The van der Waals surface area contributed by atoms with Gasteiger partial charge in [0.2, 0.25) is 5.91 Å². The number of carbonyl (C=O) groups is 1. The number of hydrogen-bond donors (Lipinski definition) is 1. The summed E-state index contributed by atoms with van der Waals surface area (Å²) in [5, 5.41) is 3.08. The first-order valence-corrected chi connectivity index (χ1v) is 5.73. The molecule has 0 atom stereocenters. The third-order valence-corrected chi connectivity index (χ3v) is 2.36. The van der Waals surface area contributed by atoms with Crippen LogP contribution < -0.4 is 5.32 Å². The molecule has 1 amide bonds. The van der Waals surface area contributed by atoms with Crippen LogP contribution in [0.25, 0.3) is 0 Å². The van der Waals surface area contributed by atoms with Crippen LogP contribution in [0.2, 0.25) is 0 Å². The van der Waals surface area contributed by atoms with Crippen molar-refractivity contribution in [2.24, 2.45) is 0 Å². The van der Waals surface area contributed by atoms with Gasteiger partial charge in [-0.25, -0.2) is 9.97 Å². The van der Waals surface area contributed by atoms with E-state index in [1.165, 1.54) is 0 Å². The van der Waals surface area contributed by atoms with Crippen molar-refractivity contribution < 1.29 is 4.79 Å². The average molecular weight is 287 g/mol. The van der Waals surface area contributed by atoms with Gasteiger partial charge in [0.1, 0.15) is 16.2 Å². The zero-order valence-electron chi connectivity index (χ0n) is 9.62. The highest BCUT2D eigenvalue weighted by Gasteiger charge is 2.04. The summed E-state index contributed by atoms with van der Waals surface area (Å²) in [5.74, 6) is 1.51. The number of aryl methyl sites for hydroxylation is 1. The topological polar surface area (TPSA) is 58.1 Å². The molecular formula is C10H15BrN4O. The molecule has 5 nitrogen and oxygen atoms in total. The first kappa shape index (κ1) is 12.9. The smallest absolute Gasteiger partial charge is 0.223 e. The van der Waals surface area contributed by atoms with Gasteiger partial charge in [0, 0.05) is 33.1 Å². The number of carbonyl (C=O) groups excluding carboxylic acids is 1. The van der Waals surface area contributed by atoms with Gasteiger partial charge >= 0.3 is 0 Å². The van der Waals surface area contributed by atoms with Gasteiger partial charge in [-0.1, -0.05) is 0 Å². The highest BCUT2D eigenvalue weighted by atomic mass is 79.9. The average Bonchev–Trinajstić information content (AvgIpc) is 2.15. The third-order valence-electron chi connectivity index (χ3n) is 1.95. The highest BCUT2D eigenvalue weighted by molar-refractivity contribution is 9.10. The Kier molecular flexibility index (Phi) is 4.67. The van der Waals surface area contributed by atoms with Gasteiger partial charge in [-0.15, -0.1) is 0 Å². The Labute approximate surface area is 103 Å². The van der Waals surface area contributed by atoms with Crippen LogP contribution in [-0.4, -0.2) is 41.4 Å². The molecule has 0 saturated heterocycles. The van der Waals surface area contributed by atoms with E-state index in [1.807, 2.05) is 6.92 Å². The molecule has 0 radical (unpaired) electrons. The van der Waals surface area contributed by atoms with E-state index in [0.29, 0.717) is 18.8 Å². The Hall–Kier alpha value is -1.17. The van der Waals surface area contributed by atoms with Crippen molar-refractivity contribution in [1.82, 2.24) is 14.9 Å². The molecule has 0 spiro atoms. The number of amides is 1. The van der Waals surface area contributed by atoms with E-state index in [-0.39, 0.29) is 5.91 Å². The second-order valence-electron chi connectivity index (χ2n) is 3.59. The highest BCUT2D eigenvalue weighted by Crippen LogP contribution is 2.11. The molecule has 1 aromatic heterocycles. The number of nitrogens with zero attached hydrogens (tertiary/aromatic N) is 3. The second kappa shape index (κ2) is 5.79. The lowest BCUT2D eigenvalue weighted by Crippen LogP contribution is -2.24. The maximum atomic E-state index is 11.3. The van der Waals surface area contributed by atoms with Crippen LogP contribution in [0.3, 0.4) is 0 Å². The molecule has 1 N–H and O–H groups in total. The van der Waals surface area contributed by atoms with Crippen molar-refractivity contribution in [3.63, 3.8) is 0 Å². The van der Waals surface area contributed by atoms with Crippen molar-refractivity contribution in [3.8, 4) is 0 Å². The Morgan fingerprint density at radius 3 is 2.75 bits per heavy atom. The first-order valence-electron chi connectivity index (χ1n) is 4.94. The quantitative estimate of drug-likeness (QED) is 0.851. The van der Waals surface area contributed by atoms with E-state index in [1.54, 1.807) is 25.1 Å². The van der Waals surface area contributed by atoms with Gasteiger partial charge in [0.15, 0.2) is 0 Å². The van der Waals surface area contributed by atoms with Crippen LogP contribution >= 0.6 is 15.9 Å². The fourth-order valence-electron chi connectivity index (χ4n) is 1.14. The fourth-order valence-corrected chi connectivity index (χ4v) is 1.62. The Morgan fingerprint density at radius 2 is 2.19 bits per heavy atom. The molecule has 1 heterocycles. The van der Waals surface area contributed by atoms with E-state index in [4.69, 9.17) is 0 Å². The molecule has 6 heteroatoms. The van der Waals surface area contributed by atoms with Crippen LogP contribution in [0.1, 0.15) is 12.2 Å². The molecule has 16 heavy (non-hydrogen) atoms. The maximum Gasteiger partial charge on any atom is 0.223 e. The molecule has 1 rings (SSSR count). The number of hydrogen-bond acceptors (Lipinski definition) is 4. The van der Waals surface area contributed by atoms with E-state index in [2.05, 4.69) is 31.2 Å². The summed E-state index contributed by atoms with van der Waals surface area (Å²) in [5.41, 5.74) is 0. The zero-order chi connectivity index (χ0) is 12.1. The standard InChI is InChI=1S/C10H15BrN4O/c1-7-13-8(11)6-9(14-7)12-5-4-10(16)15(2)3/h6H,4-5H2,1-3H3,(H,12,13,14). The van der Waals surface area contributed by atoms with Crippen LogP contribution in [0.4, 0.5) is 5.82 Å². The lowest BCUT2D eigenvalue weighted by atomic mass is 10.4. The summed E-state index contributed by atoms with van der Waals surface area (Å²) in [6, 6.07) is 1.78. The largest absolute Gasteiger partial charge is 0.369 e. The molecule has 0 aliphatic heterocycles. The molecule has 0 fully saturated rings. The van der Waals surface area contributed by atoms with Gasteiger partial charge in [-0.05, 0) is 22.9 Å². The molecule has 0 aliphatic carbocycles. The predicted molar refractivity (Wildman–Crippen MR) is 66.3 cm³/mol. The van der Waals surface area contributed by atoms with E-state index in [0.717, 1.165) is 10.4 Å². The fraction of sp³-hybridized carbons (Fsp3) is 0.500. The van der Waals surface area contributed by atoms with Crippen LogP contribution in [0, 0.1) is 6.92 Å². The lowest BCUT2D eigenvalue weighted by molar-refractivity contribution is -0.128. The van der Waals surface area contributed by atoms with Gasteiger partial charge in [-0.2, -0.15) is 0 Å². The number of nitrogens with one attached hydrogen (secondary N) is 1. The number of rotatable bonds is 4. The van der Waals surface area contributed by atoms with Crippen molar-refractivity contribution in [2.45, 2.75) is 13.3 Å². The first-order chi connectivity index (χ1) is 7.49. The van der Waals surface area contributed by atoms with Crippen LogP contribution in [0.5, 0.6) is 0 Å². The minimum Gasteiger partial charge on any atom is -0.369 e. The van der Waals surface area contributed by atoms with Gasteiger partial charge in [0.05, 0.1) is 0 Å². The van der Waals surface area contributed by atoms with Crippen LogP contribution in [0.15, 0.2) is 10.7 Å². The Morgan fingerprint density at radius 1 is 1.50 bits per heavy atom. The van der Waals surface area contributed by atoms with Crippen molar-refractivity contribution >= 4 is 27.7 Å². The van der Waals surface area contributed by atoms with Gasteiger partial charge in [-0.3, -0.25) is 4.79 Å². The zero-order valence-corrected chi connectivity index (χ0v) is 11.2. The Balaban J connectivity index is 2.46. The molecule has 0 saturated carbocycles. The van der Waals surface area contributed by atoms with Gasteiger partial charge in [0.25, 0.3) is 0 Å². The van der Waals surface area contributed by atoms with E-state index < -0.39 is 0 Å². The summed E-state index contributed by atoms with van der Waals surface area (Å²) in [6.07, 6.45) is 0.452. The lowest BCUT2D eigenvalue weighted by Gasteiger charge is -2.11. The molecule has 0 aliphatic rings. The SMILES string of the molecule is Cc1nc(Br)cc(NCCC(=O)N(C)C)n1. The monoisotopic (exact) mass is 286 g/mol. The summed E-state index contributed by atoms with van der Waals surface area (Å²) in [7, 11) is 3.49. The number of anilines is 1. The normalized spacial score (nSPS) is 10.0. The molecule has 0 aromatic carbocycles. The van der Waals surface area contributed by atoms with Crippen molar-refractivity contribution in [3.05, 3.63) is 16.5 Å². The Bertz CT molecular complexity index is 361. The summed E-state index contributed by atoms with van der Waals surface area (Å²) >= 11 is 3.29. The van der Waals surface area contributed by atoms with Crippen molar-refractivity contribution in [2.75, 3.05) is 26.0 Å². The molecular weight excluding hydrogens is 272 g/mol. The van der Waals surface area contributed by atoms with Gasteiger partial charge < -0.3 is 10.2 Å². The minimum absolute atomic E-state index is 0.0948. The predicted octanol–water partition coefficient (Wildman–Crippen LogP) is 1.44. The summed E-state index contributed by atoms with van der Waals surface area (Å²) in [4.78, 5) is 21.2. The summed E-state index contributed by atoms with van der Waals surface area (Å²) < 4.78 is 0.737. The second-order valence-corrected chi connectivity index (χ2v) is 4.40. The number of aromatic nitrogens is 2. The summed E-state index contributed by atoms with van der Waals surface area (Å²) in [6.45, 7) is 2.39. The molecule has 0 bridgehead atoms. The minimum atomic E-state index is 0.0948. The molecule has 1 aromatic rings. The number of halogens is 1.